The molecular weight excluding hydrogens is 238 g/mol. The summed E-state index contributed by atoms with van der Waals surface area (Å²) in [5, 5.41) is 3.37. The SMILES string of the molecule is CN1C2CCC1CN(C(=O)CC1CCNCC1)CC2. The van der Waals surface area contributed by atoms with E-state index in [2.05, 4.69) is 22.2 Å². The summed E-state index contributed by atoms with van der Waals surface area (Å²) in [5.41, 5.74) is 0. The van der Waals surface area contributed by atoms with Gasteiger partial charge in [0.15, 0.2) is 0 Å². The van der Waals surface area contributed by atoms with Gasteiger partial charge in [0.25, 0.3) is 0 Å². The second-order valence-electron chi connectivity index (χ2n) is 6.58. The quantitative estimate of drug-likeness (QED) is 0.811. The van der Waals surface area contributed by atoms with Crippen LogP contribution >= 0.6 is 0 Å². The standard InChI is InChI=1S/C15H27N3O/c1-17-13-2-3-14(17)11-18(9-6-13)15(19)10-12-4-7-16-8-5-12/h12-14,16H,2-11H2,1H3. The van der Waals surface area contributed by atoms with E-state index in [1.165, 1.54) is 32.1 Å². The van der Waals surface area contributed by atoms with Crippen LogP contribution in [0.4, 0.5) is 0 Å². The molecule has 0 aromatic rings. The van der Waals surface area contributed by atoms with E-state index in [9.17, 15) is 4.79 Å². The molecule has 1 N–H and O–H groups in total. The molecule has 3 heterocycles. The number of likely N-dealkylation sites (N-methyl/N-ethyl adjacent to an activating group) is 1. The van der Waals surface area contributed by atoms with Gasteiger partial charge in [-0.1, -0.05) is 0 Å². The van der Waals surface area contributed by atoms with Crippen LogP contribution in [0.15, 0.2) is 0 Å². The van der Waals surface area contributed by atoms with Gasteiger partial charge in [-0.05, 0) is 58.2 Å². The lowest BCUT2D eigenvalue weighted by atomic mass is 9.94. The van der Waals surface area contributed by atoms with E-state index < -0.39 is 0 Å². The minimum atomic E-state index is 0.410. The van der Waals surface area contributed by atoms with Crippen molar-refractivity contribution in [3.8, 4) is 0 Å². The number of fused-ring (bicyclic) bond motifs is 2. The zero-order valence-corrected chi connectivity index (χ0v) is 12.1. The molecule has 0 aliphatic carbocycles. The van der Waals surface area contributed by atoms with Crippen molar-refractivity contribution in [1.29, 1.82) is 0 Å². The normalized spacial score (nSPS) is 33.4. The Morgan fingerprint density at radius 1 is 1.11 bits per heavy atom. The van der Waals surface area contributed by atoms with Gasteiger partial charge in [0.1, 0.15) is 0 Å². The lowest BCUT2D eigenvalue weighted by Crippen LogP contribution is -2.41. The van der Waals surface area contributed by atoms with Gasteiger partial charge in [-0.25, -0.2) is 0 Å². The summed E-state index contributed by atoms with van der Waals surface area (Å²) in [5.74, 6) is 1.03. The first-order chi connectivity index (χ1) is 9.24. The molecule has 0 aromatic carbocycles. The van der Waals surface area contributed by atoms with Crippen LogP contribution in [0.2, 0.25) is 0 Å². The monoisotopic (exact) mass is 265 g/mol. The number of carbonyl (C=O) groups is 1. The van der Waals surface area contributed by atoms with Crippen molar-refractivity contribution in [3.63, 3.8) is 0 Å². The minimum Gasteiger partial charge on any atom is -0.341 e. The maximum absolute atomic E-state index is 12.5. The largest absolute Gasteiger partial charge is 0.341 e. The molecule has 19 heavy (non-hydrogen) atoms. The van der Waals surface area contributed by atoms with Crippen molar-refractivity contribution in [2.75, 3.05) is 33.2 Å². The second-order valence-corrected chi connectivity index (χ2v) is 6.58. The van der Waals surface area contributed by atoms with Gasteiger partial charge < -0.3 is 10.2 Å². The fourth-order valence-corrected chi connectivity index (χ4v) is 4.00. The number of likely N-dealkylation sites (tertiary alicyclic amines) is 1. The number of amides is 1. The molecule has 0 aromatic heterocycles. The Hall–Kier alpha value is -0.610. The van der Waals surface area contributed by atoms with E-state index in [4.69, 9.17) is 0 Å². The molecule has 1 amide bonds. The van der Waals surface area contributed by atoms with Gasteiger partial charge in [-0.2, -0.15) is 0 Å². The van der Waals surface area contributed by atoms with E-state index in [0.717, 1.165) is 38.6 Å². The molecule has 3 aliphatic heterocycles. The first-order valence-corrected chi connectivity index (χ1v) is 7.94. The van der Waals surface area contributed by atoms with Crippen molar-refractivity contribution < 1.29 is 4.79 Å². The van der Waals surface area contributed by atoms with Crippen molar-refractivity contribution in [1.82, 2.24) is 15.1 Å². The maximum Gasteiger partial charge on any atom is 0.222 e. The summed E-state index contributed by atoms with van der Waals surface area (Å²) >= 11 is 0. The molecule has 4 heteroatoms. The van der Waals surface area contributed by atoms with Gasteiger partial charge in [-0.15, -0.1) is 0 Å². The summed E-state index contributed by atoms with van der Waals surface area (Å²) < 4.78 is 0. The predicted octanol–water partition coefficient (Wildman–Crippen LogP) is 1.07. The summed E-state index contributed by atoms with van der Waals surface area (Å²) in [6.45, 7) is 4.13. The molecule has 3 fully saturated rings. The van der Waals surface area contributed by atoms with Gasteiger partial charge >= 0.3 is 0 Å². The Kier molecular flexibility index (Phi) is 4.08. The smallest absolute Gasteiger partial charge is 0.222 e. The molecule has 3 rings (SSSR count). The number of nitrogens with one attached hydrogen (secondary N) is 1. The first kappa shape index (κ1) is 13.4. The van der Waals surface area contributed by atoms with Gasteiger partial charge in [-0.3, -0.25) is 9.69 Å². The van der Waals surface area contributed by atoms with Crippen molar-refractivity contribution in [2.45, 2.75) is 50.6 Å². The van der Waals surface area contributed by atoms with Gasteiger partial charge in [0.2, 0.25) is 5.91 Å². The fraction of sp³-hybridized carbons (Fsp3) is 0.933. The highest BCUT2D eigenvalue weighted by Gasteiger charge is 2.36. The second kappa shape index (κ2) is 5.80. The van der Waals surface area contributed by atoms with Crippen LogP contribution in [0.3, 0.4) is 0 Å². The first-order valence-electron chi connectivity index (χ1n) is 7.94. The zero-order valence-electron chi connectivity index (χ0n) is 12.1. The fourth-order valence-electron chi connectivity index (χ4n) is 4.00. The van der Waals surface area contributed by atoms with Crippen LogP contribution in [0.5, 0.6) is 0 Å². The molecule has 2 bridgehead atoms. The van der Waals surface area contributed by atoms with Crippen LogP contribution in [-0.2, 0) is 4.79 Å². The Morgan fingerprint density at radius 3 is 2.63 bits per heavy atom. The lowest BCUT2D eigenvalue weighted by Gasteiger charge is -2.28. The van der Waals surface area contributed by atoms with Crippen LogP contribution in [0.25, 0.3) is 0 Å². The van der Waals surface area contributed by atoms with E-state index in [1.54, 1.807) is 0 Å². The van der Waals surface area contributed by atoms with E-state index in [0.29, 0.717) is 17.9 Å². The van der Waals surface area contributed by atoms with E-state index in [-0.39, 0.29) is 0 Å². The molecule has 0 spiro atoms. The Balaban J connectivity index is 1.55. The Labute approximate surface area is 116 Å². The predicted molar refractivity (Wildman–Crippen MR) is 76.0 cm³/mol. The van der Waals surface area contributed by atoms with Crippen LogP contribution in [0.1, 0.15) is 38.5 Å². The molecular formula is C15H27N3O. The molecule has 3 aliphatic rings. The lowest BCUT2D eigenvalue weighted by molar-refractivity contribution is -0.132. The van der Waals surface area contributed by atoms with Crippen molar-refractivity contribution in [3.05, 3.63) is 0 Å². The van der Waals surface area contributed by atoms with Crippen molar-refractivity contribution >= 4 is 5.91 Å². The number of hydrogen-bond acceptors (Lipinski definition) is 3. The third-order valence-electron chi connectivity index (χ3n) is 5.42. The molecule has 108 valence electrons. The molecule has 0 saturated carbocycles. The van der Waals surface area contributed by atoms with Crippen LogP contribution in [-0.4, -0.2) is 61.0 Å². The third-order valence-corrected chi connectivity index (χ3v) is 5.42. The molecule has 0 radical (unpaired) electrons. The Morgan fingerprint density at radius 2 is 1.84 bits per heavy atom. The van der Waals surface area contributed by atoms with E-state index >= 15 is 0 Å². The van der Waals surface area contributed by atoms with Gasteiger partial charge in [0, 0.05) is 31.6 Å². The highest BCUT2D eigenvalue weighted by Crippen LogP contribution is 2.29. The summed E-state index contributed by atoms with van der Waals surface area (Å²) in [7, 11) is 2.24. The molecule has 2 atom stereocenters. The van der Waals surface area contributed by atoms with Crippen molar-refractivity contribution in [2.24, 2.45) is 5.92 Å². The minimum absolute atomic E-state index is 0.410. The Bertz CT molecular complexity index is 327. The molecule has 3 saturated heterocycles. The molecule has 4 nitrogen and oxygen atoms in total. The highest BCUT2D eigenvalue weighted by atomic mass is 16.2. The van der Waals surface area contributed by atoms with Crippen LogP contribution < -0.4 is 5.32 Å². The number of piperidine rings is 1. The average molecular weight is 265 g/mol. The number of carbonyl (C=O) groups excluding carboxylic acids is 1. The maximum atomic E-state index is 12.5. The zero-order chi connectivity index (χ0) is 13.2. The third kappa shape index (κ3) is 2.95. The van der Waals surface area contributed by atoms with Gasteiger partial charge in [0.05, 0.1) is 0 Å². The van der Waals surface area contributed by atoms with Crippen LogP contribution in [0, 0.1) is 5.92 Å². The number of rotatable bonds is 2. The topological polar surface area (TPSA) is 35.6 Å². The van der Waals surface area contributed by atoms with E-state index in [1.807, 2.05) is 0 Å². The summed E-state index contributed by atoms with van der Waals surface area (Å²) in [6, 6.07) is 1.34. The summed E-state index contributed by atoms with van der Waals surface area (Å²) in [6.07, 6.45) is 6.90. The molecule has 2 unspecified atom stereocenters. The number of hydrogen-bond donors (Lipinski definition) is 1. The highest BCUT2D eigenvalue weighted by molar-refractivity contribution is 5.76. The average Bonchev–Trinajstić information content (AvgIpc) is 2.64. The number of nitrogens with zero attached hydrogens (tertiary/aromatic N) is 2. The summed E-state index contributed by atoms with van der Waals surface area (Å²) in [4.78, 5) is 17.2.